The van der Waals surface area contributed by atoms with E-state index in [0.717, 1.165) is 36.8 Å². The van der Waals surface area contributed by atoms with Gasteiger partial charge in [0.25, 0.3) is 0 Å². The first-order valence-corrected chi connectivity index (χ1v) is 9.64. The lowest BCUT2D eigenvalue weighted by atomic mass is 9.40. The Morgan fingerprint density at radius 3 is 2.48 bits per heavy atom. The average molecular weight is 319 g/mol. The first-order valence-electron chi connectivity index (χ1n) is 9.64. The quantitative estimate of drug-likeness (QED) is 0.547. The van der Waals surface area contributed by atoms with Crippen molar-refractivity contribution in [1.82, 2.24) is 0 Å². The van der Waals surface area contributed by atoms with Gasteiger partial charge in [-0.15, -0.1) is 0 Å². The Kier molecular flexibility index (Phi) is 3.28. The molecule has 1 spiro atoms. The van der Waals surface area contributed by atoms with Crippen molar-refractivity contribution in [3.05, 3.63) is 0 Å². The van der Waals surface area contributed by atoms with E-state index in [4.69, 9.17) is 0 Å². The number of aliphatic hydroxyl groups is 1. The molecule has 0 radical (unpaired) electrons. The van der Waals surface area contributed by atoms with E-state index in [1.165, 1.54) is 38.5 Å². The monoisotopic (exact) mass is 319 g/mol. The van der Waals surface area contributed by atoms with Gasteiger partial charge >= 0.3 is 0 Å². The number of rotatable bonds is 1. The Labute approximate surface area is 140 Å². The molecule has 23 heavy (non-hydrogen) atoms. The van der Waals surface area contributed by atoms with E-state index in [-0.39, 0.29) is 12.0 Å². The highest BCUT2D eigenvalue weighted by molar-refractivity contribution is 5.93. The zero-order valence-corrected chi connectivity index (χ0v) is 15.1. The lowest BCUT2D eigenvalue weighted by Crippen LogP contribution is -2.56. The summed E-state index contributed by atoms with van der Waals surface area (Å²) >= 11 is 0. The highest BCUT2D eigenvalue weighted by Crippen LogP contribution is 2.73. The van der Waals surface area contributed by atoms with Crippen LogP contribution in [-0.4, -0.2) is 22.6 Å². The van der Waals surface area contributed by atoms with Gasteiger partial charge in [0.05, 0.1) is 12.3 Å². The molecule has 4 aliphatic carbocycles. The molecule has 4 fully saturated rings. The van der Waals surface area contributed by atoms with Crippen LogP contribution in [0.25, 0.3) is 0 Å². The van der Waals surface area contributed by atoms with Crippen molar-refractivity contribution < 1.29 is 10.3 Å². The summed E-state index contributed by atoms with van der Waals surface area (Å²) < 4.78 is 0. The first-order chi connectivity index (χ1) is 10.8. The van der Waals surface area contributed by atoms with E-state index in [2.05, 4.69) is 25.9 Å². The van der Waals surface area contributed by atoms with Crippen LogP contribution in [-0.2, 0) is 0 Å². The van der Waals surface area contributed by atoms with Crippen molar-refractivity contribution in [2.75, 3.05) is 6.61 Å². The smallest absolute Gasteiger partial charge is 0.0661 e. The summed E-state index contributed by atoms with van der Waals surface area (Å²) in [4.78, 5) is 0. The second kappa shape index (κ2) is 4.74. The minimum absolute atomic E-state index is 0.159. The molecule has 0 aromatic heterocycles. The van der Waals surface area contributed by atoms with Crippen molar-refractivity contribution >= 4 is 5.71 Å². The third kappa shape index (κ3) is 1.89. The Balaban J connectivity index is 1.75. The van der Waals surface area contributed by atoms with Gasteiger partial charge in [-0.1, -0.05) is 32.3 Å². The van der Waals surface area contributed by atoms with Gasteiger partial charge in [-0.3, -0.25) is 0 Å². The van der Waals surface area contributed by atoms with Crippen molar-refractivity contribution in [3.63, 3.8) is 0 Å². The van der Waals surface area contributed by atoms with E-state index in [0.29, 0.717) is 16.2 Å². The van der Waals surface area contributed by atoms with Crippen LogP contribution in [0.3, 0.4) is 0 Å². The van der Waals surface area contributed by atoms with Crippen LogP contribution in [0.4, 0.5) is 0 Å². The molecule has 4 saturated carbocycles. The maximum absolute atomic E-state index is 10.0. The number of oxime groups is 1. The van der Waals surface area contributed by atoms with Crippen LogP contribution in [0.15, 0.2) is 5.16 Å². The zero-order valence-electron chi connectivity index (χ0n) is 15.1. The summed E-state index contributed by atoms with van der Waals surface area (Å²) in [5.74, 6) is 1.57. The molecular formula is C20H33NO2. The van der Waals surface area contributed by atoms with Crippen molar-refractivity contribution in [1.29, 1.82) is 0 Å². The van der Waals surface area contributed by atoms with Gasteiger partial charge in [-0.25, -0.2) is 0 Å². The lowest BCUT2D eigenvalue weighted by molar-refractivity contribution is -0.153. The fraction of sp³-hybridized carbons (Fsp3) is 0.950. The fourth-order valence-electron chi connectivity index (χ4n) is 8.05. The van der Waals surface area contributed by atoms with E-state index in [9.17, 15) is 10.3 Å². The number of hydrogen-bond donors (Lipinski definition) is 2. The Morgan fingerprint density at radius 1 is 1.04 bits per heavy atom. The van der Waals surface area contributed by atoms with Crippen LogP contribution in [0.2, 0.25) is 0 Å². The normalized spacial score (nSPS) is 53.0. The molecule has 130 valence electrons. The van der Waals surface area contributed by atoms with Gasteiger partial charge in [0, 0.05) is 5.41 Å². The molecule has 5 atom stereocenters. The molecule has 3 heteroatoms. The molecular weight excluding hydrogens is 286 g/mol. The number of aliphatic hydroxyl groups excluding tert-OH is 1. The van der Waals surface area contributed by atoms with Crippen molar-refractivity contribution in [2.24, 2.45) is 38.7 Å². The second-order valence-electron chi connectivity index (χ2n) is 10.2. The molecule has 2 N–H and O–H groups in total. The average Bonchev–Trinajstić information content (AvgIpc) is 2.74. The SMILES string of the molecule is CC1(C)CCC[C@@]2(C)[C@H]1CC[C@]13C/C(=N\O)[C@](CO)(CC[C@@H]12)C3. The van der Waals surface area contributed by atoms with Gasteiger partial charge in [-0.05, 0) is 79.4 Å². The van der Waals surface area contributed by atoms with E-state index < -0.39 is 0 Å². The number of hydrogen-bond acceptors (Lipinski definition) is 3. The molecule has 3 nitrogen and oxygen atoms in total. The predicted molar refractivity (Wildman–Crippen MR) is 91.6 cm³/mol. The van der Waals surface area contributed by atoms with Crippen LogP contribution in [0.5, 0.6) is 0 Å². The topological polar surface area (TPSA) is 52.8 Å². The maximum Gasteiger partial charge on any atom is 0.0661 e. The summed E-state index contributed by atoms with van der Waals surface area (Å²) in [6.45, 7) is 7.71. The van der Waals surface area contributed by atoms with Gasteiger partial charge < -0.3 is 10.3 Å². The Bertz CT molecular complexity index is 542. The zero-order chi connectivity index (χ0) is 16.5. The predicted octanol–water partition coefficient (Wildman–Crippen LogP) is 4.61. The molecule has 4 rings (SSSR count). The van der Waals surface area contributed by atoms with Crippen LogP contribution in [0.1, 0.15) is 78.6 Å². The van der Waals surface area contributed by atoms with Crippen molar-refractivity contribution in [3.8, 4) is 0 Å². The summed E-state index contributed by atoms with van der Waals surface area (Å²) in [6, 6.07) is 0. The lowest BCUT2D eigenvalue weighted by Gasteiger charge is -2.64. The van der Waals surface area contributed by atoms with E-state index in [1.807, 2.05) is 0 Å². The molecule has 4 aliphatic rings. The van der Waals surface area contributed by atoms with E-state index >= 15 is 0 Å². The van der Waals surface area contributed by atoms with Gasteiger partial charge in [0.1, 0.15) is 0 Å². The first kappa shape index (κ1) is 15.9. The number of fused-ring (bicyclic) bond motifs is 3. The standard InChI is InChI=1S/C20H33NO2/c1-17(2)7-4-8-18(3)14(17)5-9-19-11-16(21-23)20(12-19,13-22)10-6-15(18)19/h14-15,22-23H,4-13H2,1-3H3/b21-16+/t14-,15+,18-,19+,20+/m0/s1. The van der Waals surface area contributed by atoms with Gasteiger partial charge in [0.2, 0.25) is 0 Å². The minimum Gasteiger partial charge on any atom is -0.411 e. The molecule has 0 aromatic rings. The molecule has 2 bridgehead atoms. The highest BCUT2D eigenvalue weighted by atomic mass is 16.4. The molecule has 0 saturated heterocycles. The second-order valence-corrected chi connectivity index (χ2v) is 10.2. The fourth-order valence-corrected chi connectivity index (χ4v) is 8.05. The summed E-state index contributed by atoms with van der Waals surface area (Å²) in [7, 11) is 0. The van der Waals surface area contributed by atoms with Gasteiger partial charge in [0.15, 0.2) is 0 Å². The van der Waals surface area contributed by atoms with Crippen LogP contribution < -0.4 is 0 Å². The Morgan fingerprint density at radius 2 is 1.78 bits per heavy atom. The summed E-state index contributed by atoms with van der Waals surface area (Å²) in [6.07, 6.45) is 10.9. The molecule has 0 heterocycles. The third-order valence-electron chi connectivity index (χ3n) is 8.90. The largest absolute Gasteiger partial charge is 0.411 e. The highest BCUT2D eigenvalue weighted by Gasteiger charge is 2.67. The van der Waals surface area contributed by atoms with E-state index in [1.54, 1.807) is 0 Å². The minimum atomic E-state index is -0.210. The van der Waals surface area contributed by atoms with Crippen LogP contribution >= 0.6 is 0 Å². The summed E-state index contributed by atoms with van der Waals surface area (Å²) in [5.41, 5.74) is 1.89. The molecule has 0 aliphatic heterocycles. The maximum atomic E-state index is 10.0. The molecule has 0 unspecified atom stereocenters. The van der Waals surface area contributed by atoms with Gasteiger partial charge in [-0.2, -0.15) is 0 Å². The molecule has 0 aromatic carbocycles. The van der Waals surface area contributed by atoms with Crippen molar-refractivity contribution in [2.45, 2.75) is 78.6 Å². The third-order valence-corrected chi connectivity index (χ3v) is 8.90. The number of nitrogens with zero attached hydrogens (tertiary/aromatic N) is 1. The molecule has 0 amide bonds. The van der Waals surface area contributed by atoms with Crippen LogP contribution in [0, 0.1) is 33.5 Å². The Hall–Kier alpha value is -0.570. The summed E-state index contributed by atoms with van der Waals surface area (Å²) in [5, 5.41) is 23.3.